The number of hydrogen-bond acceptors (Lipinski definition) is 2. The molecule has 3 aromatic rings. The molecule has 0 aliphatic carbocycles. The van der Waals surface area contributed by atoms with Crippen LogP contribution in [0.2, 0.25) is 0 Å². The molecular weight excluding hydrogens is 376 g/mol. The predicted octanol–water partition coefficient (Wildman–Crippen LogP) is 5.85. The van der Waals surface area contributed by atoms with Crippen molar-refractivity contribution in [2.45, 2.75) is 44.9 Å². The molecule has 1 N–H and O–H groups in total. The summed E-state index contributed by atoms with van der Waals surface area (Å²) in [7, 11) is 0. The maximum absolute atomic E-state index is 4.38. The van der Waals surface area contributed by atoms with Crippen molar-refractivity contribution in [3.63, 3.8) is 0 Å². The van der Waals surface area contributed by atoms with E-state index in [1.807, 2.05) is 0 Å². The van der Waals surface area contributed by atoms with Crippen LogP contribution in [0.15, 0.2) is 103 Å². The Kier molecular flexibility index (Phi) is 7.35. The van der Waals surface area contributed by atoms with Crippen molar-refractivity contribution in [2.24, 2.45) is 5.92 Å². The lowest BCUT2D eigenvalue weighted by atomic mass is 9.79. The molecule has 1 saturated heterocycles. The lowest BCUT2D eigenvalue weighted by molar-refractivity contribution is 0.0753. The van der Waals surface area contributed by atoms with Gasteiger partial charge < -0.3 is 5.32 Å². The normalized spacial score (nSPS) is 21.6. The zero-order valence-electron chi connectivity index (χ0n) is 18.6. The van der Waals surface area contributed by atoms with Gasteiger partial charge >= 0.3 is 0 Å². The molecule has 1 aliphatic heterocycles. The van der Waals surface area contributed by atoms with Gasteiger partial charge in [0.05, 0.1) is 0 Å². The number of rotatable bonds is 8. The summed E-state index contributed by atoms with van der Waals surface area (Å²) in [5.41, 5.74) is 5.42. The van der Waals surface area contributed by atoms with Gasteiger partial charge in [-0.2, -0.15) is 0 Å². The highest BCUT2D eigenvalue weighted by Gasteiger charge is 2.38. The van der Waals surface area contributed by atoms with Crippen LogP contribution in [0.5, 0.6) is 0 Å². The molecule has 31 heavy (non-hydrogen) atoms. The molecule has 4 rings (SSSR count). The molecule has 3 atom stereocenters. The minimum Gasteiger partial charge on any atom is -0.308 e. The van der Waals surface area contributed by atoms with E-state index in [0.29, 0.717) is 18.0 Å². The third-order valence-electron chi connectivity index (χ3n) is 6.58. The van der Waals surface area contributed by atoms with E-state index in [1.165, 1.54) is 22.3 Å². The Balaban J connectivity index is 1.61. The van der Waals surface area contributed by atoms with Gasteiger partial charge in [-0.15, -0.1) is 0 Å². The third kappa shape index (κ3) is 5.72. The summed E-state index contributed by atoms with van der Waals surface area (Å²) in [6, 6.07) is 33.4. The van der Waals surface area contributed by atoms with Crippen molar-refractivity contribution in [3.8, 4) is 0 Å². The number of hydrogen-bond donors (Lipinski definition) is 1. The molecule has 0 unspecified atom stereocenters. The Morgan fingerprint density at radius 1 is 0.839 bits per heavy atom. The van der Waals surface area contributed by atoms with Gasteiger partial charge in [0, 0.05) is 25.2 Å². The molecule has 3 aromatic carbocycles. The van der Waals surface area contributed by atoms with Crippen LogP contribution in [0, 0.1) is 5.92 Å². The fourth-order valence-corrected chi connectivity index (χ4v) is 4.93. The fourth-order valence-electron chi connectivity index (χ4n) is 4.93. The summed E-state index contributed by atoms with van der Waals surface area (Å²) in [6.07, 6.45) is 2.20. The minimum atomic E-state index is 0.371. The summed E-state index contributed by atoms with van der Waals surface area (Å²) >= 11 is 0. The Morgan fingerprint density at radius 2 is 1.39 bits per heavy atom. The predicted molar refractivity (Wildman–Crippen MR) is 131 cm³/mol. The van der Waals surface area contributed by atoms with Crippen LogP contribution in [0.3, 0.4) is 0 Å². The maximum atomic E-state index is 4.38. The van der Waals surface area contributed by atoms with Gasteiger partial charge in [-0.3, -0.25) is 4.90 Å². The number of piperidine rings is 1. The first-order chi connectivity index (χ1) is 15.2. The molecule has 2 heteroatoms. The lowest BCUT2D eigenvalue weighted by Gasteiger charge is -2.47. The topological polar surface area (TPSA) is 15.3 Å². The van der Waals surface area contributed by atoms with E-state index in [9.17, 15) is 0 Å². The Labute approximate surface area is 187 Å². The number of nitrogens with one attached hydrogen (secondary N) is 1. The third-order valence-corrected chi connectivity index (χ3v) is 6.58. The number of benzene rings is 3. The molecule has 0 aromatic heterocycles. The van der Waals surface area contributed by atoms with Crippen LogP contribution in [0.4, 0.5) is 0 Å². The van der Waals surface area contributed by atoms with Crippen LogP contribution >= 0.6 is 0 Å². The van der Waals surface area contributed by atoms with E-state index in [1.54, 1.807) is 0 Å². The summed E-state index contributed by atoms with van der Waals surface area (Å²) < 4.78 is 0. The van der Waals surface area contributed by atoms with E-state index < -0.39 is 0 Å². The highest BCUT2D eigenvalue weighted by molar-refractivity contribution is 5.21. The van der Waals surface area contributed by atoms with Gasteiger partial charge in [-0.05, 0) is 48.9 Å². The highest BCUT2D eigenvalue weighted by Crippen LogP contribution is 2.31. The van der Waals surface area contributed by atoms with Crippen LogP contribution in [0.1, 0.15) is 30.0 Å². The molecule has 2 nitrogen and oxygen atoms in total. The van der Waals surface area contributed by atoms with Crippen molar-refractivity contribution >= 4 is 0 Å². The second-order valence-electron chi connectivity index (χ2n) is 8.85. The molecule has 0 radical (unpaired) electrons. The van der Waals surface area contributed by atoms with E-state index in [4.69, 9.17) is 0 Å². The maximum Gasteiger partial charge on any atom is 0.0299 e. The van der Waals surface area contributed by atoms with E-state index in [0.717, 1.165) is 32.5 Å². The average Bonchev–Trinajstić information content (AvgIpc) is 2.81. The van der Waals surface area contributed by atoms with Crippen molar-refractivity contribution in [1.29, 1.82) is 0 Å². The standard InChI is InChI=1S/C29H34N2/c1-23(2)27-18-19-31(22-26-16-10-5-11-17-26)28(20-24-12-6-3-7-13-24)29(27)30-21-25-14-8-4-9-15-25/h3-17,27-30H,1,18-22H2,2H3/t27-,28+,29+/m1/s1. The fraction of sp³-hybridized carbons (Fsp3) is 0.310. The van der Waals surface area contributed by atoms with Crippen LogP contribution in [-0.4, -0.2) is 23.5 Å². The van der Waals surface area contributed by atoms with Gasteiger partial charge in [-0.1, -0.05) is 103 Å². The monoisotopic (exact) mass is 410 g/mol. The Morgan fingerprint density at radius 3 is 1.97 bits per heavy atom. The van der Waals surface area contributed by atoms with Crippen LogP contribution in [-0.2, 0) is 19.5 Å². The van der Waals surface area contributed by atoms with Gasteiger partial charge in [0.1, 0.15) is 0 Å². The van der Waals surface area contributed by atoms with Crippen molar-refractivity contribution in [3.05, 3.63) is 120 Å². The lowest BCUT2D eigenvalue weighted by Crippen LogP contribution is -2.58. The van der Waals surface area contributed by atoms with Gasteiger partial charge in [0.2, 0.25) is 0 Å². The zero-order chi connectivity index (χ0) is 21.5. The van der Waals surface area contributed by atoms with E-state index in [-0.39, 0.29) is 0 Å². The first-order valence-electron chi connectivity index (χ1n) is 11.5. The molecule has 0 spiro atoms. The molecule has 160 valence electrons. The average molecular weight is 411 g/mol. The molecule has 0 saturated carbocycles. The molecule has 1 aliphatic rings. The van der Waals surface area contributed by atoms with Crippen LogP contribution < -0.4 is 5.32 Å². The van der Waals surface area contributed by atoms with Gasteiger partial charge in [0.15, 0.2) is 0 Å². The first kappa shape index (κ1) is 21.5. The zero-order valence-corrected chi connectivity index (χ0v) is 18.6. The number of likely N-dealkylation sites (tertiary alicyclic amines) is 1. The summed E-state index contributed by atoms with van der Waals surface area (Å²) in [5.74, 6) is 0.490. The van der Waals surface area contributed by atoms with E-state index >= 15 is 0 Å². The molecule has 1 fully saturated rings. The van der Waals surface area contributed by atoms with Crippen molar-refractivity contribution in [1.82, 2.24) is 10.2 Å². The largest absolute Gasteiger partial charge is 0.308 e. The second kappa shape index (κ2) is 10.6. The molecule has 0 bridgehead atoms. The summed E-state index contributed by atoms with van der Waals surface area (Å²) in [4.78, 5) is 2.68. The quantitative estimate of drug-likeness (QED) is 0.468. The Hall–Kier alpha value is -2.68. The van der Waals surface area contributed by atoms with Gasteiger partial charge in [-0.25, -0.2) is 0 Å². The van der Waals surface area contributed by atoms with Crippen molar-refractivity contribution < 1.29 is 0 Å². The SMILES string of the molecule is C=C(C)[C@H]1CCN(Cc2ccccc2)[C@@H](Cc2ccccc2)[C@H]1NCc1ccccc1. The summed E-state index contributed by atoms with van der Waals surface area (Å²) in [5, 5.41) is 3.95. The van der Waals surface area contributed by atoms with Gasteiger partial charge in [0.25, 0.3) is 0 Å². The van der Waals surface area contributed by atoms with Crippen molar-refractivity contribution in [2.75, 3.05) is 6.54 Å². The smallest absolute Gasteiger partial charge is 0.0299 e. The minimum absolute atomic E-state index is 0.371. The van der Waals surface area contributed by atoms with E-state index in [2.05, 4.69) is 115 Å². The Bertz CT molecular complexity index is 936. The highest BCUT2D eigenvalue weighted by atomic mass is 15.2. The summed E-state index contributed by atoms with van der Waals surface area (Å²) in [6.45, 7) is 9.56. The molecular formula is C29H34N2. The van der Waals surface area contributed by atoms with Crippen LogP contribution in [0.25, 0.3) is 0 Å². The first-order valence-corrected chi connectivity index (χ1v) is 11.5. The molecule has 0 amide bonds. The second-order valence-corrected chi connectivity index (χ2v) is 8.85. The number of nitrogens with zero attached hydrogens (tertiary/aromatic N) is 1. The molecule has 1 heterocycles.